The van der Waals surface area contributed by atoms with Crippen LogP contribution in [0.2, 0.25) is 0 Å². The molecule has 5 heteroatoms. The van der Waals surface area contributed by atoms with Crippen LogP contribution in [0.15, 0.2) is 0 Å². The van der Waals surface area contributed by atoms with Gasteiger partial charge in [0.25, 0.3) is 0 Å². The number of hydrogen-bond acceptors (Lipinski definition) is 3. The van der Waals surface area contributed by atoms with Crippen molar-refractivity contribution in [3.8, 4) is 0 Å². The van der Waals surface area contributed by atoms with Crippen molar-refractivity contribution in [2.45, 2.75) is 39.2 Å². The first-order valence-corrected chi connectivity index (χ1v) is 4.87. The average molecular weight is 217 g/mol. The fraction of sp³-hybridized carbons (Fsp3) is 0.800. The van der Waals surface area contributed by atoms with E-state index in [9.17, 15) is 14.7 Å². The third-order valence-corrected chi connectivity index (χ3v) is 2.70. The van der Waals surface area contributed by atoms with Crippen molar-refractivity contribution in [2.24, 2.45) is 5.41 Å². The zero-order chi connectivity index (χ0) is 12.3. The third kappa shape index (κ3) is 3.20. The Bertz CT molecular complexity index is 262. The number of hydrogen-bond donors (Lipinski definition) is 3. The molecule has 15 heavy (non-hydrogen) atoms. The molecule has 0 radical (unpaired) electrons. The minimum absolute atomic E-state index is 0.106. The first-order valence-electron chi connectivity index (χ1n) is 4.87. The first-order chi connectivity index (χ1) is 6.69. The lowest BCUT2D eigenvalue weighted by molar-refractivity contribution is -0.159. The van der Waals surface area contributed by atoms with Gasteiger partial charge in [0.15, 0.2) is 0 Å². The predicted octanol–water partition coefficient (Wildman–Crippen LogP) is 0.374. The van der Waals surface area contributed by atoms with E-state index in [4.69, 9.17) is 5.11 Å². The van der Waals surface area contributed by atoms with Crippen LogP contribution in [-0.4, -0.2) is 34.7 Å². The number of carboxylic acid groups (broad SMARTS) is 1. The molecular weight excluding hydrogens is 198 g/mol. The molecular formula is C10H19NO4. The van der Waals surface area contributed by atoms with E-state index in [2.05, 4.69) is 5.32 Å². The zero-order valence-corrected chi connectivity index (χ0v) is 9.63. The van der Waals surface area contributed by atoms with Gasteiger partial charge in [0.05, 0.1) is 5.60 Å². The standard InChI is InChI=1S/C10H19NO4/c1-5-9(2,15)6-10(3,8(13)14)7(12)11-4/h15H,5-6H2,1-4H3,(H,11,12)(H,13,14). The van der Waals surface area contributed by atoms with E-state index in [0.29, 0.717) is 6.42 Å². The van der Waals surface area contributed by atoms with E-state index in [1.165, 1.54) is 20.9 Å². The van der Waals surface area contributed by atoms with Gasteiger partial charge < -0.3 is 15.5 Å². The van der Waals surface area contributed by atoms with Gasteiger partial charge in [0.2, 0.25) is 5.91 Å². The summed E-state index contributed by atoms with van der Waals surface area (Å²) in [5, 5.41) is 21.1. The molecule has 0 saturated heterocycles. The maximum absolute atomic E-state index is 11.5. The molecule has 0 rings (SSSR count). The summed E-state index contributed by atoms with van der Waals surface area (Å²) in [4.78, 5) is 22.5. The lowest BCUT2D eigenvalue weighted by atomic mass is 9.77. The van der Waals surface area contributed by atoms with Gasteiger partial charge in [-0.3, -0.25) is 9.59 Å². The van der Waals surface area contributed by atoms with Crippen molar-refractivity contribution >= 4 is 11.9 Å². The molecule has 0 aromatic carbocycles. The molecule has 0 fully saturated rings. The topological polar surface area (TPSA) is 86.6 Å². The summed E-state index contributed by atoms with van der Waals surface area (Å²) in [5.41, 5.74) is -2.74. The molecule has 1 amide bonds. The van der Waals surface area contributed by atoms with Crippen LogP contribution in [0, 0.1) is 5.41 Å². The average Bonchev–Trinajstić information content (AvgIpc) is 2.15. The Morgan fingerprint density at radius 3 is 2.07 bits per heavy atom. The lowest BCUT2D eigenvalue weighted by Crippen LogP contribution is -2.47. The van der Waals surface area contributed by atoms with Crippen LogP contribution < -0.4 is 5.32 Å². The summed E-state index contributed by atoms with van der Waals surface area (Å²) in [6, 6.07) is 0. The molecule has 0 aliphatic carbocycles. The summed E-state index contributed by atoms with van der Waals surface area (Å²) < 4.78 is 0. The van der Waals surface area contributed by atoms with Crippen LogP contribution in [0.25, 0.3) is 0 Å². The molecule has 2 atom stereocenters. The highest BCUT2D eigenvalue weighted by Crippen LogP contribution is 2.30. The Morgan fingerprint density at radius 1 is 1.33 bits per heavy atom. The molecule has 0 spiro atoms. The van der Waals surface area contributed by atoms with Crippen LogP contribution in [-0.2, 0) is 9.59 Å². The Labute approximate surface area is 89.5 Å². The SMILES string of the molecule is CCC(C)(O)CC(C)(C(=O)O)C(=O)NC. The van der Waals surface area contributed by atoms with Crippen molar-refractivity contribution in [3.63, 3.8) is 0 Å². The highest BCUT2D eigenvalue weighted by atomic mass is 16.4. The molecule has 0 aliphatic heterocycles. The predicted molar refractivity (Wildman–Crippen MR) is 55.3 cm³/mol. The number of carbonyl (C=O) groups excluding carboxylic acids is 1. The molecule has 0 aromatic rings. The van der Waals surface area contributed by atoms with Gasteiger partial charge in [0.1, 0.15) is 5.41 Å². The molecule has 2 unspecified atom stereocenters. The summed E-state index contributed by atoms with van der Waals surface area (Å²) in [5.74, 6) is -1.82. The van der Waals surface area contributed by atoms with Gasteiger partial charge in [-0.15, -0.1) is 0 Å². The smallest absolute Gasteiger partial charge is 0.319 e. The van der Waals surface area contributed by atoms with Gasteiger partial charge in [0, 0.05) is 13.5 Å². The Morgan fingerprint density at radius 2 is 1.80 bits per heavy atom. The Balaban J connectivity index is 4.98. The van der Waals surface area contributed by atoms with E-state index in [-0.39, 0.29) is 6.42 Å². The number of carbonyl (C=O) groups is 2. The second kappa shape index (κ2) is 4.61. The molecule has 5 nitrogen and oxygen atoms in total. The van der Waals surface area contributed by atoms with E-state index >= 15 is 0 Å². The van der Waals surface area contributed by atoms with E-state index < -0.39 is 22.9 Å². The van der Waals surface area contributed by atoms with Crippen molar-refractivity contribution in [3.05, 3.63) is 0 Å². The van der Waals surface area contributed by atoms with E-state index in [1.54, 1.807) is 6.92 Å². The number of carboxylic acids is 1. The fourth-order valence-corrected chi connectivity index (χ4v) is 1.42. The normalized spacial score (nSPS) is 18.7. The molecule has 0 heterocycles. The summed E-state index contributed by atoms with van der Waals surface area (Å²) in [6.07, 6.45) is 0.290. The quantitative estimate of drug-likeness (QED) is 0.581. The van der Waals surface area contributed by atoms with Crippen molar-refractivity contribution in [2.75, 3.05) is 7.05 Å². The maximum atomic E-state index is 11.5. The van der Waals surface area contributed by atoms with Gasteiger partial charge in [-0.05, 0) is 20.3 Å². The molecule has 88 valence electrons. The molecule has 0 bridgehead atoms. The second-order valence-corrected chi connectivity index (χ2v) is 4.24. The Hall–Kier alpha value is -1.10. The number of rotatable bonds is 5. The van der Waals surface area contributed by atoms with Crippen LogP contribution in [0.3, 0.4) is 0 Å². The summed E-state index contributed by atoms with van der Waals surface area (Å²) in [6.45, 7) is 4.58. The number of aliphatic carboxylic acids is 1. The minimum atomic E-state index is -1.59. The highest BCUT2D eigenvalue weighted by Gasteiger charge is 2.45. The highest BCUT2D eigenvalue weighted by molar-refractivity contribution is 6.01. The van der Waals surface area contributed by atoms with Crippen LogP contribution >= 0.6 is 0 Å². The maximum Gasteiger partial charge on any atom is 0.319 e. The van der Waals surface area contributed by atoms with Gasteiger partial charge >= 0.3 is 5.97 Å². The van der Waals surface area contributed by atoms with Crippen molar-refractivity contribution in [1.29, 1.82) is 0 Å². The molecule has 0 aliphatic rings. The van der Waals surface area contributed by atoms with E-state index in [1.807, 2.05) is 0 Å². The van der Waals surface area contributed by atoms with E-state index in [0.717, 1.165) is 0 Å². The lowest BCUT2D eigenvalue weighted by Gasteiger charge is -2.31. The minimum Gasteiger partial charge on any atom is -0.480 e. The van der Waals surface area contributed by atoms with Crippen molar-refractivity contribution in [1.82, 2.24) is 5.32 Å². The van der Waals surface area contributed by atoms with Gasteiger partial charge in [-0.2, -0.15) is 0 Å². The summed E-state index contributed by atoms with van der Waals surface area (Å²) in [7, 11) is 1.38. The number of aliphatic hydroxyl groups is 1. The first kappa shape index (κ1) is 13.9. The van der Waals surface area contributed by atoms with Gasteiger partial charge in [-0.1, -0.05) is 6.92 Å². The monoisotopic (exact) mass is 217 g/mol. The molecule has 0 saturated carbocycles. The third-order valence-electron chi connectivity index (χ3n) is 2.70. The summed E-state index contributed by atoms with van der Waals surface area (Å²) >= 11 is 0. The van der Waals surface area contributed by atoms with Crippen LogP contribution in [0.5, 0.6) is 0 Å². The van der Waals surface area contributed by atoms with Crippen LogP contribution in [0.4, 0.5) is 0 Å². The van der Waals surface area contributed by atoms with Gasteiger partial charge in [-0.25, -0.2) is 0 Å². The second-order valence-electron chi connectivity index (χ2n) is 4.24. The largest absolute Gasteiger partial charge is 0.480 e. The number of nitrogens with one attached hydrogen (secondary N) is 1. The molecule has 3 N–H and O–H groups in total. The zero-order valence-electron chi connectivity index (χ0n) is 9.63. The fourth-order valence-electron chi connectivity index (χ4n) is 1.42. The molecule has 0 aromatic heterocycles. The number of amides is 1. The Kier molecular flexibility index (Phi) is 4.27. The van der Waals surface area contributed by atoms with Crippen molar-refractivity contribution < 1.29 is 19.8 Å². The van der Waals surface area contributed by atoms with Crippen LogP contribution in [0.1, 0.15) is 33.6 Å².